The van der Waals surface area contributed by atoms with Crippen LogP contribution < -0.4 is 14.8 Å². The molecule has 0 amide bonds. The summed E-state index contributed by atoms with van der Waals surface area (Å²) in [5.74, 6) is 4.50. The summed E-state index contributed by atoms with van der Waals surface area (Å²) in [6, 6.07) is 35.4. The van der Waals surface area contributed by atoms with Crippen molar-refractivity contribution < 1.29 is 28.8 Å². The van der Waals surface area contributed by atoms with Gasteiger partial charge < -0.3 is 34.1 Å². The van der Waals surface area contributed by atoms with Crippen LogP contribution in [0.2, 0.25) is 0 Å². The molecule has 1 aliphatic rings. The lowest BCUT2D eigenvalue weighted by atomic mass is 9.80. The number of nitrogens with zero attached hydrogens (tertiary/aromatic N) is 4. The first-order valence-corrected chi connectivity index (χ1v) is 16.9. The molecule has 11 nitrogen and oxygen atoms in total. The molecule has 1 aliphatic heterocycles. The number of methoxy groups -OCH3 is 2. The van der Waals surface area contributed by atoms with Crippen LogP contribution in [0.1, 0.15) is 28.5 Å². The molecule has 0 unspecified atom stereocenters. The number of anilines is 1. The zero-order valence-electron chi connectivity index (χ0n) is 28.8. The summed E-state index contributed by atoms with van der Waals surface area (Å²) < 4.78 is 32.4. The normalized spacial score (nSPS) is 18.6. The number of nitrogens with one attached hydrogen (secondary N) is 1. The standard InChI is InChI=1S/C41H39N5O6/c1-4-23-50-37-36(47)34(52-40(37)46-27-45-35-38(43-26-44-39(35)46)42-24-28-11-7-5-8-12-28)25-51-41(29-13-9-6-10-14-29,30-15-19-32(48-2)20-16-30)31-17-21-33(49-3)22-18-31/h1,5-22,26-27,34,36-37,40,47H,23-25H2,2-3H3,(H,42,43,44)/t34-,36+,37+,40-/m1/s1. The van der Waals surface area contributed by atoms with Gasteiger partial charge in [0.25, 0.3) is 0 Å². The SMILES string of the molecule is C#CCO[C@H]1[C@@H](O)[C@@H](COC(c2ccccc2)(c2ccc(OC)cc2)c2ccc(OC)cc2)O[C@H]1n1cnc2c(NCc3ccccc3)ncnc21. The van der Waals surface area contributed by atoms with Gasteiger partial charge >= 0.3 is 0 Å². The lowest BCUT2D eigenvalue weighted by molar-refractivity contribution is -0.0953. The van der Waals surface area contributed by atoms with Gasteiger partial charge in [-0.3, -0.25) is 4.57 Å². The van der Waals surface area contributed by atoms with Crippen molar-refractivity contribution >= 4 is 17.0 Å². The minimum Gasteiger partial charge on any atom is -0.497 e. The summed E-state index contributed by atoms with van der Waals surface area (Å²) in [5.41, 5.74) is 3.61. The van der Waals surface area contributed by atoms with E-state index in [0.29, 0.717) is 35.0 Å². The van der Waals surface area contributed by atoms with Crippen molar-refractivity contribution in [3.05, 3.63) is 144 Å². The molecule has 2 aromatic heterocycles. The van der Waals surface area contributed by atoms with Gasteiger partial charge in [0.2, 0.25) is 0 Å². The van der Waals surface area contributed by atoms with Crippen LogP contribution in [0.25, 0.3) is 11.2 Å². The van der Waals surface area contributed by atoms with E-state index < -0.39 is 30.1 Å². The van der Waals surface area contributed by atoms with Gasteiger partial charge in [0.05, 0.1) is 27.2 Å². The van der Waals surface area contributed by atoms with Gasteiger partial charge in [0.15, 0.2) is 23.2 Å². The fourth-order valence-electron chi connectivity index (χ4n) is 6.63. The third-order valence-corrected chi connectivity index (χ3v) is 9.25. The van der Waals surface area contributed by atoms with Crippen molar-refractivity contribution in [2.24, 2.45) is 0 Å². The van der Waals surface area contributed by atoms with E-state index in [1.165, 1.54) is 6.33 Å². The zero-order chi connectivity index (χ0) is 35.9. The van der Waals surface area contributed by atoms with Gasteiger partial charge in [-0.2, -0.15) is 0 Å². The van der Waals surface area contributed by atoms with E-state index in [9.17, 15) is 5.11 Å². The molecule has 4 atom stereocenters. The third kappa shape index (κ3) is 6.80. The molecule has 1 saturated heterocycles. The maximum Gasteiger partial charge on any atom is 0.167 e. The zero-order valence-corrected chi connectivity index (χ0v) is 28.8. The number of hydrogen-bond donors (Lipinski definition) is 2. The minimum absolute atomic E-state index is 0.0218. The maximum atomic E-state index is 11.8. The smallest absolute Gasteiger partial charge is 0.167 e. The highest BCUT2D eigenvalue weighted by Crippen LogP contribution is 2.43. The van der Waals surface area contributed by atoms with E-state index >= 15 is 0 Å². The highest BCUT2D eigenvalue weighted by Gasteiger charge is 2.48. The molecule has 0 spiro atoms. The van der Waals surface area contributed by atoms with Crippen LogP contribution in [-0.2, 0) is 26.4 Å². The number of ether oxygens (including phenoxy) is 5. The molecule has 264 valence electrons. The molecule has 0 radical (unpaired) electrons. The molecule has 4 aromatic carbocycles. The number of imidazole rings is 1. The fraction of sp³-hybridized carbons (Fsp3) is 0.244. The van der Waals surface area contributed by atoms with Crippen LogP contribution in [-0.4, -0.2) is 70.4 Å². The van der Waals surface area contributed by atoms with Crippen molar-refractivity contribution in [1.29, 1.82) is 0 Å². The predicted molar refractivity (Wildman–Crippen MR) is 196 cm³/mol. The van der Waals surface area contributed by atoms with Crippen molar-refractivity contribution in [2.75, 3.05) is 32.8 Å². The van der Waals surface area contributed by atoms with Crippen molar-refractivity contribution in [3.8, 4) is 23.8 Å². The first kappa shape index (κ1) is 34.7. The van der Waals surface area contributed by atoms with Crippen molar-refractivity contribution in [1.82, 2.24) is 19.5 Å². The van der Waals surface area contributed by atoms with Crippen LogP contribution in [0.5, 0.6) is 11.5 Å². The molecular formula is C41H39N5O6. The van der Waals surface area contributed by atoms with E-state index in [4.69, 9.17) is 30.1 Å². The van der Waals surface area contributed by atoms with Crippen LogP contribution in [0.15, 0.2) is 122 Å². The second-order valence-corrected chi connectivity index (χ2v) is 12.2. The Labute approximate surface area is 302 Å². The quantitative estimate of drug-likeness (QED) is 0.108. The number of aromatic nitrogens is 4. The van der Waals surface area contributed by atoms with Crippen LogP contribution in [0.3, 0.4) is 0 Å². The Morgan fingerprint density at radius 2 is 1.44 bits per heavy atom. The highest BCUT2D eigenvalue weighted by molar-refractivity contribution is 5.82. The topological polar surface area (TPSA) is 122 Å². The second kappa shape index (κ2) is 15.6. The molecule has 6 aromatic rings. The molecule has 11 heteroatoms. The van der Waals surface area contributed by atoms with Crippen LogP contribution >= 0.6 is 0 Å². The van der Waals surface area contributed by atoms with Gasteiger partial charge in [-0.05, 0) is 46.5 Å². The lowest BCUT2D eigenvalue weighted by Gasteiger charge is -2.37. The molecule has 2 N–H and O–H groups in total. The van der Waals surface area contributed by atoms with Gasteiger partial charge in [-0.1, -0.05) is 90.8 Å². The van der Waals surface area contributed by atoms with E-state index in [0.717, 1.165) is 22.3 Å². The number of terminal acetylenes is 1. The third-order valence-electron chi connectivity index (χ3n) is 9.25. The number of rotatable bonds is 14. The van der Waals surface area contributed by atoms with E-state index in [1.54, 1.807) is 25.1 Å². The molecule has 0 saturated carbocycles. The van der Waals surface area contributed by atoms with Crippen molar-refractivity contribution in [2.45, 2.75) is 36.7 Å². The molecule has 0 aliphatic carbocycles. The molecule has 7 rings (SSSR count). The Hall–Kier alpha value is -5.77. The highest BCUT2D eigenvalue weighted by atomic mass is 16.6. The first-order valence-electron chi connectivity index (χ1n) is 16.9. The molecule has 1 fully saturated rings. The summed E-state index contributed by atoms with van der Waals surface area (Å²) in [7, 11) is 3.26. The Morgan fingerprint density at radius 1 is 0.827 bits per heavy atom. The summed E-state index contributed by atoms with van der Waals surface area (Å²) in [4.78, 5) is 13.6. The van der Waals surface area contributed by atoms with Crippen molar-refractivity contribution in [3.63, 3.8) is 0 Å². The number of hydrogen-bond acceptors (Lipinski definition) is 10. The predicted octanol–water partition coefficient (Wildman–Crippen LogP) is 5.74. The minimum atomic E-state index is -1.12. The Balaban J connectivity index is 1.23. The molecule has 3 heterocycles. The fourth-order valence-corrected chi connectivity index (χ4v) is 6.63. The van der Waals surface area contributed by atoms with E-state index in [2.05, 4.69) is 26.2 Å². The van der Waals surface area contributed by atoms with Gasteiger partial charge in [0, 0.05) is 6.54 Å². The van der Waals surface area contributed by atoms with Gasteiger partial charge in [-0.15, -0.1) is 6.42 Å². The van der Waals surface area contributed by atoms with Gasteiger partial charge in [0.1, 0.15) is 48.3 Å². The number of benzene rings is 4. The number of aliphatic hydroxyl groups excluding tert-OH is 1. The van der Waals surface area contributed by atoms with Crippen LogP contribution in [0, 0.1) is 12.3 Å². The number of aliphatic hydroxyl groups is 1. The summed E-state index contributed by atoms with van der Waals surface area (Å²) in [6.07, 6.45) is 5.06. The summed E-state index contributed by atoms with van der Waals surface area (Å²) in [5, 5.41) is 15.2. The number of fused-ring (bicyclic) bond motifs is 1. The Bertz CT molecular complexity index is 2060. The van der Waals surface area contributed by atoms with E-state index in [1.807, 2.05) is 109 Å². The maximum absolute atomic E-state index is 11.8. The second-order valence-electron chi connectivity index (χ2n) is 12.2. The summed E-state index contributed by atoms with van der Waals surface area (Å²) in [6.45, 7) is 0.496. The molecule has 52 heavy (non-hydrogen) atoms. The lowest BCUT2D eigenvalue weighted by Crippen LogP contribution is -2.40. The monoisotopic (exact) mass is 697 g/mol. The molecular weight excluding hydrogens is 658 g/mol. The Morgan fingerprint density at radius 3 is 2.06 bits per heavy atom. The van der Waals surface area contributed by atoms with Gasteiger partial charge in [-0.25, -0.2) is 15.0 Å². The summed E-state index contributed by atoms with van der Waals surface area (Å²) >= 11 is 0. The average molecular weight is 698 g/mol. The Kier molecular flexibility index (Phi) is 10.4. The van der Waals surface area contributed by atoms with E-state index in [-0.39, 0.29) is 13.2 Å². The largest absolute Gasteiger partial charge is 0.497 e. The first-order chi connectivity index (χ1) is 25.5. The average Bonchev–Trinajstić information content (AvgIpc) is 3.78. The van der Waals surface area contributed by atoms with Crippen LogP contribution in [0.4, 0.5) is 5.82 Å². The molecule has 0 bridgehead atoms.